The van der Waals surface area contributed by atoms with E-state index in [1.807, 2.05) is 48.5 Å². The molecule has 0 bridgehead atoms. The van der Waals surface area contributed by atoms with Crippen LogP contribution in [0.2, 0.25) is 0 Å². The Morgan fingerprint density at radius 3 is 2.46 bits per heavy atom. The van der Waals surface area contributed by atoms with Gasteiger partial charge in [0.15, 0.2) is 5.84 Å². The van der Waals surface area contributed by atoms with Gasteiger partial charge in [-0.1, -0.05) is 36.4 Å². The Hall–Kier alpha value is -1.36. The summed E-state index contributed by atoms with van der Waals surface area (Å²) in [5.74, 6) is 0.637. The summed E-state index contributed by atoms with van der Waals surface area (Å²) in [4.78, 5) is 15.6. The van der Waals surface area contributed by atoms with Crippen LogP contribution in [0.4, 0.5) is 0 Å². The number of nitrogens with zero attached hydrogens (tertiary/aromatic N) is 4. The van der Waals surface area contributed by atoms with Crippen molar-refractivity contribution in [2.45, 2.75) is 6.54 Å². The predicted molar refractivity (Wildman–Crippen MR) is 104 cm³/mol. The van der Waals surface area contributed by atoms with Crippen molar-refractivity contribution < 1.29 is 22.9 Å². The second kappa shape index (κ2) is 12.1. The van der Waals surface area contributed by atoms with Crippen LogP contribution < -0.4 is 0 Å². The first-order valence-corrected chi connectivity index (χ1v) is 10.4. The van der Waals surface area contributed by atoms with E-state index in [0.29, 0.717) is 30.8 Å². The van der Waals surface area contributed by atoms with Crippen molar-refractivity contribution in [3.63, 3.8) is 0 Å². The van der Waals surface area contributed by atoms with E-state index in [1.54, 1.807) is 6.20 Å². The van der Waals surface area contributed by atoms with Gasteiger partial charge in [0, 0.05) is 24.8 Å². The molecule has 2 heterocycles. The fourth-order valence-electron chi connectivity index (χ4n) is 2.34. The topological polar surface area (TPSA) is 50.1 Å². The van der Waals surface area contributed by atoms with Gasteiger partial charge < -0.3 is 22.3 Å². The van der Waals surface area contributed by atoms with Crippen LogP contribution in [0.1, 0.15) is 11.3 Å². The molecule has 1 saturated heterocycles. The number of aromatic nitrogens is 1. The van der Waals surface area contributed by atoms with Crippen LogP contribution in [-0.2, 0) is 42.1 Å². The van der Waals surface area contributed by atoms with Crippen molar-refractivity contribution in [2.75, 3.05) is 26.3 Å². The van der Waals surface area contributed by atoms with Crippen LogP contribution >= 0.6 is 9.53 Å². The minimum absolute atomic E-state index is 0.473. The molecule has 3 rings (SSSR count). The zero-order valence-corrected chi connectivity index (χ0v) is 17.2. The third kappa shape index (κ3) is 6.75. The molecule has 140 valence electrons. The third-order valence-corrected chi connectivity index (χ3v) is 3.98. The number of rotatable bonds is 3. The molecule has 1 aromatic carbocycles. The van der Waals surface area contributed by atoms with Gasteiger partial charge in [-0.05, 0) is 17.3 Å². The van der Waals surface area contributed by atoms with Crippen LogP contribution in [0, 0.1) is 0 Å². The number of halogens is 1. The predicted octanol–water partition coefficient (Wildman–Crippen LogP) is 2.95. The largest absolute Gasteiger partial charge is 0.742 e. The number of amidine groups is 2. The molecule has 0 spiro atoms. The molecule has 1 aliphatic rings. The Balaban J connectivity index is 0.00000117. The maximum absolute atomic E-state index is 5.49. The molecule has 8 heteroatoms. The van der Waals surface area contributed by atoms with E-state index in [9.17, 15) is 0 Å². The number of hydrogen-bond donors (Lipinski definition) is 0. The molecular weight excluding hydrogens is 462 g/mol. The standard InChI is InChI=1S/C18H20N4OS.ClH.Pd/c24-18(22-10-12-23-13-11-22)21-17(15-6-2-1-3-7-15)20-14-16-8-4-5-9-19-16;;/h1-9H,10-14H2,(H,20,21,24);1H;/q;;+2/p-2. The van der Waals surface area contributed by atoms with Crippen molar-refractivity contribution in [3.05, 3.63) is 66.0 Å². The number of aliphatic imine (C=N–C) groups is 2. The molecule has 0 radical (unpaired) electrons. The average molecular weight is 481 g/mol. The molecule has 0 amide bonds. The van der Waals surface area contributed by atoms with Gasteiger partial charge in [0.25, 0.3) is 0 Å². The minimum atomic E-state index is 0.473. The number of ether oxygens (including phenoxy) is 1. The summed E-state index contributed by atoms with van der Waals surface area (Å²) in [5, 5.41) is 0.557. The van der Waals surface area contributed by atoms with Crippen molar-refractivity contribution in [3.8, 4) is 0 Å². The summed E-state index contributed by atoms with van der Waals surface area (Å²) in [6.07, 6.45) is 1.77. The quantitative estimate of drug-likeness (QED) is 0.293. The summed E-state index contributed by atoms with van der Waals surface area (Å²) in [6, 6.07) is 15.7. The van der Waals surface area contributed by atoms with Crippen molar-refractivity contribution >= 4 is 33.2 Å². The molecule has 0 aliphatic carbocycles. The molecule has 0 atom stereocenters. The molecule has 5 nitrogen and oxygen atoms in total. The van der Waals surface area contributed by atoms with Crippen molar-refractivity contribution in [1.82, 2.24) is 9.88 Å². The van der Waals surface area contributed by atoms with Crippen LogP contribution in [0.5, 0.6) is 0 Å². The van der Waals surface area contributed by atoms with E-state index < -0.39 is 0 Å². The van der Waals surface area contributed by atoms with Gasteiger partial charge in [-0.25, -0.2) is 4.99 Å². The Morgan fingerprint density at radius 1 is 1.12 bits per heavy atom. The maximum Gasteiger partial charge on any atom is 0.154 e. The summed E-state index contributed by atoms with van der Waals surface area (Å²) < 4.78 is 5.36. The maximum atomic E-state index is 5.49. The Labute approximate surface area is 174 Å². The van der Waals surface area contributed by atoms with Gasteiger partial charge in [0.05, 0.1) is 25.5 Å². The molecule has 26 heavy (non-hydrogen) atoms. The Kier molecular flexibility index (Phi) is 9.75. The first-order valence-electron chi connectivity index (χ1n) is 8.03. The molecule has 2 aromatic rings. The van der Waals surface area contributed by atoms with E-state index in [2.05, 4.69) is 47.6 Å². The first kappa shape index (κ1) is 20.9. The van der Waals surface area contributed by atoms with Gasteiger partial charge in [0.2, 0.25) is 0 Å². The molecular formula is C18H19ClN4OPdS. The van der Waals surface area contributed by atoms with E-state index in [0.717, 1.165) is 24.3 Å². The van der Waals surface area contributed by atoms with Gasteiger partial charge in [-0.2, -0.15) is 0 Å². The minimum Gasteiger partial charge on any atom is -0.742 e. The molecule has 1 aromatic heterocycles. The van der Waals surface area contributed by atoms with Crippen molar-refractivity contribution in [1.29, 1.82) is 0 Å². The third-order valence-electron chi connectivity index (χ3n) is 3.63. The fraction of sp³-hybridized carbons (Fsp3) is 0.278. The Morgan fingerprint density at radius 2 is 1.81 bits per heavy atom. The van der Waals surface area contributed by atoms with Crippen LogP contribution in [0.3, 0.4) is 0 Å². The van der Waals surface area contributed by atoms with E-state index in [1.165, 1.54) is 0 Å². The second-order valence-electron chi connectivity index (χ2n) is 5.32. The van der Waals surface area contributed by atoms with Crippen molar-refractivity contribution in [2.24, 2.45) is 9.98 Å². The van der Waals surface area contributed by atoms with Crippen LogP contribution in [0.15, 0.2) is 64.7 Å². The molecule has 0 saturated carbocycles. The summed E-state index contributed by atoms with van der Waals surface area (Å²) in [7, 11) is 4.49. The average Bonchev–Trinajstić information content (AvgIpc) is 2.74. The van der Waals surface area contributed by atoms with Gasteiger partial charge in [-0.15, -0.1) is 0 Å². The fourth-order valence-corrected chi connectivity index (χ4v) is 2.61. The summed E-state index contributed by atoms with van der Waals surface area (Å²) in [6.45, 7) is 3.37. The van der Waals surface area contributed by atoms with Gasteiger partial charge in [-0.3, -0.25) is 9.98 Å². The monoisotopic (exact) mass is 480 g/mol. The number of hydrogen-bond acceptors (Lipinski definition) is 4. The summed E-state index contributed by atoms with van der Waals surface area (Å²) >= 11 is 7.71. The molecule has 1 aliphatic heterocycles. The SMILES string of the molecule is [Cl][Pd+].[S-]C(=NC(=NCc1ccccn1)c1ccccc1)N1CCOCC1. The van der Waals surface area contributed by atoms with Gasteiger partial charge >= 0.3 is 27.7 Å². The number of pyridine rings is 1. The number of morpholine rings is 1. The number of benzene rings is 1. The first-order chi connectivity index (χ1) is 12.8. The van der Waals surface area contributed by atoms with Crippen LogP contribution in [-0.4, -0.2) is 47.2 Å². The Bertz CT molecular complexity index is 710. The van der Waals surface area contributed by atoms with E-state index in [-0.39, 0.29) is 0 Å². The van der Waals surface area contributed by atoms with Gasteiger partial charge in [0.1, 0.15) is 0 Å². The van der Waals surface area contributed by atoms with E-state index >= 15 is 0 Å². The van der Waals surface area contributed by atoms with E-state index in [4.69, 9.17) is 17.4 Å². The zero-order valence-electron chi connectivity index (χ0n) is 14.0. The normalized spacial score (nSPS) is 15.3. The zero-order chi connectivity index (χ0) is 18.6. The summed E-state index contributed by atoms with van der Waals surface area (Å²) in [5.41, 5.74) is 1.85. The second-order valence-corrected chi connectivity index (χ2v) is 5.69. The molecule has 1 fully saturated rings. The molecule has 0 N–H and O–H groups in total. The smallest absolute Gasteiger partial charge is 0.154 e. The molecule has 0 unspecified atom stereocenters. The van der Waals surface area contributed by atoms with Crippen LogP contribution in [0.25, 0.3) is 0 Å².